The highest BCUT2D eigenvalue weighted by molar-refractivity contribution is 5.93. The minimum Gasteiger partial charge on any atom is -0.506 e. The minimum absolute atomic E-state index is 0.00116. The van der Waals surface area contributed by atoms with Crippen molar-refractivity contribution in [3.05, 3.63) is 160 Å². The molecule has 0 saturated carbocycles. The van der Waals surface area contributed by atoms with Gasteiger partial charge in [-0.15, -0.1) is 0 Å². The molecular formula is C56H60F6N6O11. The standard InChI is InChI=1S/C52H58N6O7.2C2HF3O2/c1-35(54-34-47(60)43-19-21-46(59)51-44(43)20-22-48(61)56-51)31-38-10-8-9-36(32-38)23-27-53-49(62)33-37-15-17-40(18-16-37)57(2)50(63)26-30-58-28-24-41(25-29-58)65-52(64)55-45-14-7-6-13-42(45)39-11-4-3-5-12-39;2*3-2(4,5)1(6)7/h3-22,32,35,41,47,54,59-60H,23-31,33-34H2,1-2H3,(H,53,62)(H,55,64)(H,56,61);2*(H,6,7)/t35-,47-;;/m0../s1. The van der Waals surface area contributed by atoms with Gasteiger partial charge in [-0.05, 0) is 90.8 Å². The van der Waals surface area contributed by atoms with E-state index >= 15 is 0 Å². The van der Waals surface area contributed by atoms with E-state index in [0.29, 0.717) is 67.5 Å². The van der Waals surface area contributed by atoms with Gasteiger partial charge >= 0.3 is 30.4 Å². The third-order valence-electron chi connectivity index (χ3n) is 12.4. The molecule has 1 aliphatic heterocycles. The summed E-state index contributed by atoms with van der Waals surface area (Å²) < 4.78 is 69.3. The van der Waals surface area contributed by atoms with Gasteiger partial charge in [0.1, 0.15) is 11.9 Å². The number of benzene rings is 5. The lowest BCUT2D eigenvalue weighted by molar-refractivity contribution is -0.193. The van der Waals surface area contributed by atoms with Crippen LogP contribution in [0.5, 0.6) is 5.75 Å². The number of carbonyl (C=O) groups is 5. The molecular weight excluding hydrogens is 1050 g/mol. The number of aromatic amines is 1. The predicted octanol–water partition coefficient (Wildman–Crippen LogP) is 8.39. The highest BCUT2D eigenvalue weighted by Gasteiger charge is 2.39. The molecule has 0 unspecified atom stereocenters. The van der Waals surface area contributed by atoms with Crippen LogP contribution in [0.3, 0.4) is 0 Å². The summed E-state index contributed by atoms with van der Waals surface area (Å²) in [5, 5.41) is 45.3. The number of rotatable bonds is 18. The van der Waals surface area contributed by atoms with E-state index in [1.165, 1.54) is 12.1 Å². The lowest BCUT2D eigenvalue weighted by atomic mass is 10.0. The summed E-state index contributed by atoms with van der Waals surface area (Å²) in [6.45, 7) is 4.92. The molecule has 1 saturated heterocycles. The second kappa shape index (κ2) is 28.9. The van der Waals surface area contributed by atoms with E-state index in [9.17, 15) is 55.7 Å². The maximum atomic E-state index is 13.2. The van der Waals surface area contributed by atoms with Crippen molar-refractivity contribution < 1.29 is 75.5 Å². The van der Waals surface area contributed by atoms with E-state index in [2.05, 4.69) is 44.9 Å². The number of alkyl halides is 6. The SMILES string of the molecule is C[C@@H](Cc1cccc(CCNC(=O)Cc2ccc(N(C)C(=O)CCN3CCC(OC(=O)Nc4ccccc4-c4ccccc4)CC3)cc2)c1)NC[C@H](O)c1ccc(O)c2[nH]c(=O)ccc12.O=C(O)C(F)(F)F.O=C(O)C(F)(F)F. The summed E-state index contributed by atoms with van der Waals surface area (Å²) >= 11 is 0. The Morgan fingerprint density at radius 2 is 1.41 bits per heavy atom. The number of carboxylic acids is 2. The number of hydrogen-bond donors (Lipinski definition) is 8. The van der Waals surface area contributed by atoms with Crippen molar-refractivity contribution in [3.8, 4) is 16.9 Å². The summed E-state index contributed by atoms with van der Waals surface area (Å²) in [5.74, 6) is -5.64. The predicted molar refractivity (Wildman–Crippen MR) is 283 cm³/mol. The number of aliphatic hydroxyl groups is 1. The van der Waals surface area contributed by atoms with Gasteiger partial charge < -0.3 is 50.6 Å². The molecule has 7 rings (SSSR count). The number of pyridine rings is 1. The number of nitrogens with zero attached hydrogens (tertiary/aromatic N) is 2. The molecule has 6 aromatic rings. The molecule has 422 valence electrons. The van der Waals surface area contributed by atoms with Gasteiger partial charge in [-0.2, -0.15) is 26.3 Å². The molecule has 3 amide bonds. The van der Waals surface area contributed by atoms with Gasteiger partial charge in [0.05, 0.1) is 23.7 Å². The first kappa shape index (κ1) is 61.6. The number of carbonyl (C=O) groups excluding carboxylic acids is 3. The highest BCUT2D eigenvalue weighted by atomic mass is 19.4. The van der Waals surface area contributed by atoms with Gasteiger partial charge in [0, 0.05) is 74.9 Å². The quantitative estimate of drug-likeness (QED) is 0.0377. The third-order valence-corrected chi connectivity index (χ3v) is 12.4. The van der Waals surface area contributed by atoms with Crippen LogP contribution < -0.4 is 26.4 Å². The van der Waals surface area contributed by atoms with Gasteiger partial charge in [-0.3, -0.25) is 19.7 Å². The molecule has 0 spiro atoms. The monoisotopic (exact) mass is 1110 g/mol. The molecule has 1 aromatic heterocycles. The number of aliphatic carboxylic acids is 2. The summed E-state index contributed by atoms with van der Waals surface area (Å²) in [4.78, 5) is 74.9. The number of ether oxygens (including phenoxy) is 1. The summed E-state index contributed by atoms with van der Waals surface area (Å²) in [7, 11) is 1.77. The second-order valence-corrected chi connectivity index (χ2v) is 18.4. The van der Waals surface area contributed by atoms with Gasteiger partial charge in [-0.1, -0.05) is 91.0 Å². The smallest absolute Gasteiger partial charge is 0.490 e. The number of likely N-dealkylation sites (tertiary alicyclic amines) is 1. The van der Waals surface area contributed by atoms with Crippen molar-refractivity contribution in [1.29, 1.82) is 0 Å². The summed E-state index contributed by atoms with van der Waals surface area (Å²) in [6.07, 6.45) is -8.28. The fraction of sp³-hybridized carbons (Fsp3) is 0.321. The number of amides is 3. The third kappa shape index (κ3) is 19.9. The molecule has 1 aliphatic rings. The van der Waals surface area contributed by atoms with Crippen LogP contribution in [0, 0.1) is 0 Å². The average molecular weight is 1110 g/mol. The van der Waals surface area contributed by atoms with Crippen molar-refractivity contribution in [3.63, 3.8) is 0 Å². The van der Waals surface area contributed by atoms with Gasteiger partial charge in [-0.25, -0.2) is 14.4 Å². The first-order valence-corrected chi connectivity index (χ1v) is 24.8. The van der Waals surface area contributed by atoms with Crippen molar-refractivity contribution in [2.45, 2.75) is 76.1 Å². The van der Waals surface area contributed by atoms with Crippen LogP contribution in [0.1, 0.15) is 54.5 Å². The molecule has 2 atom stereocenters. The van der Waals surface area contributed by atoms with Crippen LogP contribution in [0.2, 0.25) is 0 Å². The topological polar surface area (TPSA) is 251 Å². The fourth-order valence-corrected chi connectivity index (χ4v) is 8.31. The molecule has 1 fully saturated rings. The summed E-state index contributed by atoms with van der Waals surface area (Å²) in [6, 6.07) is 39.5. The Bertz CT molecular complexity index is 3040. The lowest BCUT2D eigenvalue weighted by Gasteiger charge is -2.31. The number of fused-ring (bicyclic) bond motifs is 1. The zero-order valence-electron chi connectivity index (χ0n) is 42.9. The molecule has 8 N–H and O–H groups in total. The number of hydrogen-bond acceptors (Lipinski definition) is 11. The number of halogens is 6. The normalized spacial score (nSPS) is 13.6. The van der Waals surface area contributed by atoms with E-state index in [1.54, 1.807) is 24.1 Å². The van der Waals surface area contributed by atoms with E-state index in [0.717, 1.165) is 53.0 Å². The Morgan fingerprint density at radius 1 is 0.785 bits per heavy atom. The number of nitrogens with one attached hydrogen (secondary N) is 4. The molecule has 0 bridgehead atoms. The number of aliphatic hydroxyl groups excluding tert-OH is 1. The minimum atomic E-state index is -5.08. The van der Waals surface area contributed by atoms with E-state index in [-0.39, 0.29) is 41.7 Å². The van der Waals surface area contributed by atoms with Crippen LogP contribution in [0.4, 0.5) is 42.5 Å². The average Bonchev–Trinajstić information content (AvgIpc) is 3.48. The van der Waals surface area contributed by atoms with Crippen LogP contribution in [-0.4, -0.2) is 124 Å². The van der Waals surface area contributed by atoms with Gasteiger partial charge in [0.25, 0.3) is 0 Å². The van der Waals surface area contributed by atoms with Crippen LogP contribution in [-0.2, 0) is 43.2 Å². The largest absolute Gasteiger partial charge is 0.506 e. The van der Waals surface area contributed by atoms with Crippen LogP contribution >= 0.6 is 0 Å². The Balaban J connectivity index is 0.000000725. The molecule has 0 radical (unpaired) electrons. The molecule has 79 heavy (non-hydrogen) atoms. The molecule has 0 aliphatic carbocycles. The van der Waals surface area contributed by atoms with Gasteiger partial charge in [0.2, 0.25) is 17.4 Å². The Labute approximate surface area is 449 Å². The second-order valence-electron chi connectivity index (χ2n) is 18.4. The van der Waals surface area contributed by atoms with E-state index < -0.39 is 36.5 Å². The van der Waals surface area contributed by atoms with Crippen molar-refractivity contribution in [1.82, 2.24) is 20.5 Å². The fourth-order valence-electron chi connectivity index (χ4n) is 8.31. The number of anilines is 2. The number of phenolic OH excluding ortho intramolecular Hbond substituents is 1. The van der Waals surface area contributed by atoms with E-state index in [1.807, 2.05) is 91.0 Å². The maximum absolute atomic E-state index is 13.2. The number of piperidine rings is 1. The number of aromatic nitrogens is 1. The van der Waals surface area contributed by atoms with Crippen molar-refractivity contribution >= 4 is 52.1 Å². The first-order valence-electron chi connectivity index (χ1n) is 24.8. The van der Waals surface area contributed by atoms with Gasteiger partial charge in [0.15, 0.2) is 0 Å². The summed E-state index contributed by atoms with van der Waals surface area (Å²) in [5.41, 5.74) is 7.10. The number of H-pyrrole nitrogens is 1. The Kier molecular flexibility index (Phi) is 22.5. The highest BCUT2D eigenvalue weighted by Crippen LogP contribution is 2.30. The lowest BCUT2D eigenvalue weighted by Crippen LogP contribution is -2.40. The Hall–Kier alpha value is -8.28. The van der Waals surface area contributed by atoms with Crippen LogP contribution in [0.25, 0.3) is 22.0 Å². The number of carboxylic acid groups (broad SMARTS) is 2. The molecule has 17 nitrogen and oxygen atoms in total. The first-order chi connectivity index (χ1) is 37.4. The Morgan fingerprint density at radius 3 is 2.05 bits per heavy atom. The molecule has 23 heteroatoms. The zero-order valence-corrected chi connectivity index (χ0v) is 42.9. The maximum Gasteiger partial charge on any atom is 0.490 e. The van der Waals surface area contributed by atoms with Crippen molar-refractivity contribution in [2.75, 3.05) is 50.0 Å². The number of para-hydroxylation sites is 1. The van der Waals surface area contributed by atoms with E-state index in [4.69, 9.17) is 24.5 Å². The number of aromatic hydroxyl groups is 1. The molecule has 5 aromatic carbocycles. The van der Waals surface area contributed by atoms with Crippen molar-refractivity contribution in [2.24, 2.45) is 0 Å². The number of phenols is 1. The zero-order chi connectivity index (χ0) is 57.9. The van der Waals surface area contributed by atoms with Crippen LogP contribution in [0.15, 0.2) is 132 Å². The molecule has 2 heterocycles.